The van der Waals surface area contributed by atoms with E-state index in [-0.39, 0.29) is 55.6 Å². The monoisotopic (exact) mass is 1160 g/mol. The van der Waals surface area contributed by atoms with E-state index in [9.17, 15) is 0 Å². The molecule has 16 rings (SSSR count). The molecular weight excluding hydrogens is 1070 g/mol. The first-order valence-corrected chi connectivity index (χ1v) is 33.7. The van der Waals surface area contributed by atoms with Crippen molar-refractivity contribution in [2.45, 2.75) is 224 Å². The van der Waals surface area contributed by atoms with E-state index in [2.05, 4.69) is 272 Å². The second kappa shape index (κ2) is 17.9. The van der Waals surface area contributed by atoms with Crippen molar-refractivity contribution in [1.82, 2.24) is 0 Å². The van der Waals surface area contributed by atoms with Gasteiger partial charge in [0.15, 0.2) is 0 Å². The largest absolute Gasteiger partial charge is 0.456 e. The number of furan rings is 1. The van der Waals surface area contributed by atoms with Crippen LogP contribution in [0, 0.1) is 0 Å². The number of hydrogen-bond acceptors (Lipinski definition) is 4. The molecule has 7 aliphatic rings. The summed E-state index contributed by atoms with van der Waals surface area (Å²) >= 11 is 0. The molecule has 3 aliphatic heterocycles. The Bertz CT molecular complexity index is 4480. The fourth-order valence-corrected chi connectivity index (χ4v) is 19.2. The predicted molar refractivity (Wildman–Crippen MR) is 376 cm³/mol. The Morgan fingerprint density at radius 3 is 1.52 bits per heavy atom. The lowest BCUT2D eigenvalue weighted by Crippen LogP contribution is -2.62. The molecule has 0 amide bonds. The zero-order valence-electron chi connectivity index (χ0n) is 56.0. The van der Waals surface area contributed by atoms with Crippen LogP contribution in [-0.4, -0.2) is 12.3 Å². The van der Waals surface area contributed by atoms with Gasteiger partial charge in [-0.3, -0.25) is 0 Å². The third-order valence-electron chi connectivity index (χ3n) is 24.7. The van der Waals surface area contributed by atoms with Crippen molar-refractivity contribution >= 4 is 90.5 Å². The summed E-state index contributed by atoms with van der Waals surface area (Å²) < 4.78 is 6.67. The van der Waals surface area contributed by atoms with Gasteiger partial charge in [0.2, 0.25) is 0 Å². The number of nitrogens with zero attached hydrogens (tertiary/aromatic N) is 3. The number of anilines is 8. The van der Waals surface area contributed by atoms with Crippen LogP contribution in [0.5, 0.6) is 0 Å². The zero-order chi connectivity index (χ0) is 61.6. The Balaban J connectivity index is 1.04. The van der Waals surface area contributed by atoms with Crippen LogP contribution >= 0.6 is 0 Å². The molecule has 9 aromatic rings. The summed E-state index contributed by atoms with van der Waals surface area (Å²) in [7, 11) is 0. The van der Waals surface area contributed by atoms with Crippen molar-refractivity contribution < 1.29 is 4.42 Å². The molecule has 8 aromatic carbocycles. The normalized spacial score (nSPS) is 23.4. The average Bonchev–Trinajstić information content (AvgIpc) is 1.22. The first-order valence-electron chi connectivity index (χ1n) is 33.7. The van der Waals surface area contributed by atoms with Crippen LogP contribution in [0.4, 0.5) is 45.5 Å². The van der Waals surface area contributed by atoms with E-state index < -0.39 is 0 Å². The summed E-state index contributed by atoms with van der Waals surface area (Å²) in [5.74, 6) is 0. The van der Waals surface area contributed by atoms with E-state index in [1.165, 1.54) is 131 Å². The summed E-state index contributed by atoms with van der Waals surface area (Å²) in [5, 5.41) is 2.30. The summed E-state index contributed by atoms with van der Waals surface area (Å²) in [6, 6.07) is 56.6. The van der Waals surface area contributed by atoms with Gasteiger partial charge in [0, 0.05) is 61.7 Å². The molecule has 448 valence electrons. The van der Waals surface area contributed by atoms with Gasteiger partial charge in [0.25, 0.3) is 6.71 Å². The topological polar surface area (TPSA) is 22.9 Å². The minimum absolute atomic E-state index is 0.00108. The maximum absolute atomic E-state index is 6.67. The predicted octanol–water partition coefficient (Wildman–Crippen LogP) is 21.0. The molecule has 1 saturated carbocycles. The Labute approximate surface area is 526 Å². The number of fused-ring (bicyclic) bond motifs is 13. The van der Waals surface area contributed by atoms with Crippen LogP contribution in [0.25, 0.3) is 33.1 Å². The van der Waals surface area contributed by atoms with Gasteiger partial charge < -0.3 is 19.1 Å². The van der Waals surface area contributed by atoms with E-state index in [4.69, 9.17) is 4.42 Å². The fraction of sp³-hybridized carbons (Fsp3) is 0.422. The van der Waals surface area contributed by atoms with E-state index in [0.29, 0.717) is 0 Å². The van der Waals surface area contributed by atoms with E-state index >= 15 is 0 Å². The van der Waals surface area contributed by atoms with Gasteiger partial charge >= 0.3 is 0 Å². The molecule has 0 spiro atoms. The molecule has 0 radical (unpaired) electrons. The van der Waals surface area contributed by atoms with Crippen molar-refractivity contribution in [2.24, 2.45) is 0 Å². The molecule has 5 heteroatoms. The maximum atomic E-state index is 6.67. The summed E-state index contributed by atoms with van der Waals surface area (Å²) in [4.78, 5) is 8.40. The fourth-order valence-electron chi connectivity index (χ4n) is 19.2. The second-order valence-electron chi connectivity index (χ2n) is 34.1. The lowest BCUT2D eigenvalue weighted by Gasteiger charge is -2.51. The SMILES string of the molecule is CC(C)(C)c1ccc(-c2ccc3c(c2)C2(C)CCCCC2(C)N3c2cc3c4c(c2)N(c2ccc5oc6ccccc6c5c2)c2cc5c(cc2B4c2cc4c(cc2N3c2ccc3c(c2)C(C)(C)CCC3(C)C)C(C)(C)CCC4(C)C)C(C)(C)CC5(C)C)cc1. The van der Waals surface area contributed by atoms with Crippen molar-refractivity contribution in [1.29, 1.82) is 0 Å². The first kappa shape index (κ1) is 56.3. The van der Waals surface area contributed by atoms with Crippen LogP contribution in [0.2, 0.25) is 0 Å². The number of rotatable bonds is 4. The summed E-state index contributed by atoms with van der Waals surface area (Å²) in [6.07, 6.45) is 10.4. The van der Waals surface area contributed by atoms with Crippen LogP contribution in [0.1, 0.15) is 220 Å². The molecular formula is C83H92BN3O. The van der Waals surface area contributed by atoms with Crippen molar-refractivity contribution in [2.75, 3.05) is 14.7 Å². The maximum Gasteiger partial charge on any atom is 0.252 e. The molecule has 2 atom stereocenters. The lowest BCUT2D eigenvalue weighted by molar-refractivity contribution is 0.195. The van der Waals surface area contributed by atoms with Crippen LogP contribution in [-0.2, 0) is 43.3 Å². The smallest absolute Gasteiger partial charge is 0.252 e. The van der Waals surface area contributed by atoms with Crippen LogP contribution in [0.15, 0.2) is 144 Å². The van der Waals surface area contributed by atoms with E-state index in [1.807, 2.05) is 0 Å². The molecule has 2 unspecified atom stereocenters. The van der Waals surface area contributed by atoms with Crippen LogP contribution in [0.3, 0.4) is 0 Å². The molecule has 1 fully saturated rings. The zero-order valence-corrected chi connectivity index (χ0v) is 56.0. The minimum atomic E-state index is -0.210. The van der Waals surface area contributed by atoms with Crippen LogP contribution < -0.4 is 31.1 Å². The Hall–Kier alpha value is -6.98. The third-order valence-corrected chi connectivity index (χ3v) is 24.7. The molecule has 4 nitrogen and oxygen atoms in total. The Kier molecular flexibility index (Phi) is 11.5. The van der Waals surface area contributed by atoms with Crippen molar-refractivity contribution in [3.05, 3.63) is 184 Å². The molecule has 4 aliphatic carbocycles. The van der Waals surface area contributed by atoms with Gasteiger partial charge in [0.05, 0.1) is 5.54 Å². The third kappa shape index (κ3) is 7.76. The van der Waals surface area contributed by atoms with Crippen molar-refractivity contribution in [3.8, 4) is 11.1 Å². The minimum Gasteiger partial charge on any atom is -0.456 e. The average molecular weight is 1160 g/mol. The van der Waals surface area contributed by atoms with Gasteiger partial charge in [0.1, 0.15) is 11.2 Å². The first-order chi connectivity index (χ1) is 41.4. The molecule has 4 heterocycles. The molecule has 0 N–H and O–H groups in total. The lowest BCUT2D eigenvalue weighted by atomic mass is 9.33. The Morgan fingerprint density at radius 2 is 0.898 bits per heavy atom. The summed E-state index contributed by atoms with van der Waals surface area (Å²) in [5.41, 5.74) is 30.6. The van der Waals surface area contributed by atoms with Gasteiger partial charge in [-0.05, 0) is 235 Å². The molecule has 0 saturated heterocycles. The summed E-state index contributed by atoms with van der Waals surface area (Å²) in [6.45, 7) is 42.2. The second-order valence-corrected chi connectivity index (χ2v) is 34.1. The van der Waals surface area contributed by atoms with Gasteiger partial charge in [-0.1, -0.05) is 190 Å². The highest BCUT2D eigenvalue weighted by atomic mass is 16.3. The molecule has 88 heavy (non-hydrogen) atoms. The molecule has 1 aromatic heterocycles. The molecule has 0 bridgehead atoms. The quantitative estimate of drug-likeness (QED) is 0.164. The number of hydrogen-bond donors (Lipinski definition) is 0. The highest BCUT2D eigenvalue weighted by Crippen LogP contribution is 2.63. The highest BCUT2D eigenvalue weighted by molar-refractivity contribution is 7.00. The van der Waals surface area contributed by atoms with Gasteiger partial charge in [-0.2, -0.15) is 0 Å². The highest BCUT2D eigenvalue weighted by Gasteiger charge is 2.59. The Morgan fingerprint density at radius 1 is 0.386 bits per heavy atom. The number of para-hydroxylation sites is 1. The van der Waals surface area contributed by atoms with Crippen molar-refractivity contribution in [3.63, 3.8) is 0 Å². The van der Waals surface area contributed by atoms with Gasteiger partial charge in [-0.15, -0.1) is 0 Å². The van der Waals surface area contributed by atoms with E-state index in [1.54, 1.807) is 0 Å². The van der Waals surface area contributed by atoms with E-state index in [0.717, 1.165) is 66.2 Å². The standard InChI is InChI=1S/C83H92BN3O/c1-75(2,3)52-27-24-50(25-28-52)51-26-32-67-64(40-51)82(16)34-20-21-35-83(82,17)87(67)55-43-70-74-71(44-55)86(54-29-31-58-59(42-54)77(6,7)37-36-76(58,4)5)68-47-62-60(78(8,9)38-39-79(62,10)11)45-65(68)84(74)66-46-61-63(81(14,15)49-80(61,12)13)48-69(66)85(70)53-30-33-73-57(41-53)56-22-18-19-23-72(56)88-73/h18-19,22-33,40-48H,20-21,34-39,49H2,1-17H3. The number of benzene rings is 8. The van der Waals surface area contributed by atoms with Gasteiger partial charge in [-0.25, -0.2) is 0 Å².